The monoisotopic (exact) mass is 318 g/mol. The van der Waals surface area contributed by atoms with Crippen molar-refractivity contribution in [2.24, 2.45) is 0 Å². The lowest BCUT2D eigenvalue weighted by Gasteiger charge is -2.13. The second-order valence-corrected chi connectivity index (χ2v) is 5.83. The van der Waals surface area contributed by atoms with E-state index in [2.05, 4.69) is 67.7 Å². The Hall–Kier alpha value is -1.06. The van der Waals surface area contributed by atoms with Crippen molar-refractivity contribution < 1.29 is 4.74 Å². The minimum absolute atomic E-state index is 0.716. The number of aryl methyl sites for hydroxylation is 1. The minimum atomic E-state index is 0.716. The molecule has 0 atom stereocenters. The van der Waals surface area contributed by atoms with Crippen LogP contribution in [0.5, 0.6) is 5.75 Å². The van der Waals surface area contributed by atoms with E-state index in [9.17, 15) is 0 Å². The second kappa shape index (κ2) is 9.06. The molecule has 0 spiro atoms. The summed E-state index contributed by atoms with van der Waals surface area (Å²) in [6.07, 6.45) is 3.10. The first-order chi connectivity index (χ1) is 10.3. The summed E-state index contributed by atoms with van der Waals surface area (Å²) in [5.41, 5.74) is 3.86. The van der Waals surface area contributed by atoms with Crippen LogP contribution in [0.2, 0.25) is 0 Å². The smallest absolute Gasteiger partial charge is 0.119 e. The van der Waals surface area contributed by atoms with Gasteiger partial charge in [0.05, 0.1) is 6.61 Å². The van der Waals surface area contributed by atoms with Gasteiger partial charge in [-0.05, 0) is 59.6 Å². The summed E-state index contributed by atoms with van der Waals surface area (Å²) in [5, 5.41) is 0. The Morgan fingerprint density at radius 3 is 2.33 bits per heavy atom. The molecule has 2 aromatic carbocycles. The van der Waals surface area contributed by atoms with Crippen molar-refractivity contribution in [3.8, 4) is 16.9 Å². The Kier molecular flexibility index (Phi) is 7.04. The van der Waals surface area contributed by atoms with Gasteiger partial charge in [0.2, 0.25) is 0 Å². The average molecular weight is 319 g/mol. The Bertz CT molecular complexity index is 540. The number of thiol groups is 2. The van der Waals surface area contributed by atoms with Crippen LogP contribution in [0.4, 0.5) is 0 Å². The summed E-state index contributed by atoms with van der Waals surface area (Å²) >= 11 is 8.53. The van der Waals surface area contributed by atoms with Crippen LogP contribution in [-0.2, 0) is 6.42 Å². The molecule has 0 aliphatic heterocycles. The highest BCUT2D eigenvalue weighted by molar-refractivity contribution is 7.80. The van der Waals surface area contributed by atoms with Crippen molar-refractivity contribution in [1.29, 1.82) is 0 Å². The Morgan fingerprint density at radius 2 is 1.62 bits per heavy atom. The van der Waals surface area contributed by atoms with E-state index in [1.54, 1.807) is 0 Å². The van der Waals surface area contributed by atoms with E-state index in [1.807, 2.05) is 6.07 Å². The molecule has 2 rings (SSSR count). The van der Waals surface area contributed by atoms with Crippen molar-refractivity contribution in [3.05, 3.63) is 54.1 Å². The lowest BCUT2D eigenvalue weighted by Crippen LogP contribution is -1.99. The largest absolute Gasteiger partial charge is 0.494 e. The Balaban J connectivity index is 2.25. The lowest BCUT2D eigenvalue weighted by molar-refractivity contribution is 0.319. The number of ether oxygens (including phenoxy) is 1. The maximum atomic E-state index is 5.80. The zero-order chi connectivity index (χ0) is 14.9. The number of rotatable bonds is 8. The van der Waals surface area contributed by atoms with Gasteiger partial charge < -0.3 is 4.74 Å². The molecule has 0 N–H and O–H groups in total. The second-order valence-electron chi connectivity index (χ2n) is 4.94. The van der Waals surface area contributed by atoms with Crippen molar-refractivity contribution >= 4 is 25.3 Å². The fourth-order valence-corrected chi connectivity index (χ4v) is 2.56. The van der Waals surface area contributed by atoms with E-state index in [4.69, 9.17) is 4.74 Å². The molecule has 3 heteroatoms. The van der Waals surface area contributed by atoms with Gasteiger partial charge >= 0.3 is 0 Å². The van der Waals surface area contributed by atoms with Crippen LogP contribution in [0.25, 0.3) is 11.1 Å². The molecule has 0 unspecified atom stereocenters. The number of hydrogen-bond donors (Lipinski definition) is 2. The van der Waals surface area contributed by atoms with Gasteiger partial charge in [0.1, 0.15) is 5.75 Å². The van der Waals surface area contributed by atoms with E-state index in [-0.39, 0.29) is 0 Å². The Labute approximate surface area is 138 Å². The third kappa shape index (κ3) is 5.01. The normalized spacial score (nSPS) is 10.6. The van der Waals surface area contributed by atoms with Gasteiger partial charge in [0.25, 0.3) is 0 Å². The molecule has 1 nitrogen and oxygen atoms in total. The van der Waals surface area contributed by atoms with Crippen LogP contribution < -0.4 is 4.74 Å². The quantitative estimate of drug-likeness (QED) is 0.519. The fourth-order valence-electron chi connectivity index (χ4n) is 2.27. The van der Waals surface area contributed by atoms with Gasteiger partial charge in [-0.15, -0.1) is 0 Å². The van der Waals surface area contributed by atoms with Gasteiger partial charge in [-0.1, -0.05) is 36.4 Å². The van der Waals surface area contributed by atoms with Gasteiger partial charge in [-0.25, -0.2) is 0 Å². The minimum Gasteiger partial charge on any atom is -0.494 e. The highest BCUT2D eigenvalue weighted by atomic mass is 32.1. The summed E-state index contributed by atoms with van der Waals surface area (Å²) in [5.74, 6) is 2.70. The molecule has 0 aliphatic carbocycles. The molecule has 0 heterocycles. The zero-order valence-electron chi connectivity index (χ0n) is 12.2. The Morgan fingerprint density at radius 1 is 0.857 bits per heavy atom. The maximum absolute atomic E-state index is 5.80. The molecule has 0 aliphatic rings. The van der Waals surface area contributed by atoms with E-state index in [1.165, 1.54) is 16.7 Å². The third-order valence-electron chi connectivity index (χ3n) is 3.34. The van der Waals surface area contributed by atoms with Crippen molar-refractivity contribution in [3.63, 3.8) is 0 Å². The van der Waals surface area contributed by atoms with Crippen LogP contribution in [0.3, 0.4) is 0 Å². The van der Waals surface area contributed by atoms with Crippen LogP contribution in [0.1, 0.15) is 18.4 Å². The van der Waals surface area contributed by atoms with Gasteiger partial charge in [-0.3, -0.25) is 0 Å². The summed E-state index contributed by atoms with van der Waals surface area (Å²) in [6.45, 7) is 0.716. The number of hydrogen-bond acceptors (Lipinski definition) is 3. The molecule has 21 heavy (non-hydrogen) atoms. The topological polar surface area (TPSA) is 9.23 Å². The number of benzene rings is 2. The van der Waals surface area contributed by atoms with E-state index in [0.717, 1.165) is 36.5 Å². The van der Waals surface area contributed by atoms with Crippen LogP contribution >= 0.6 is 25.3 Å². The molecule has 0 radical (unpaired) electrons. The van der Waals surface area contributed by atoms with Gasteiger partial charge in [-0.2, -0.15) is 25.3 Å². The van der Waals surface area contributed by atoms with Crippen molar-refractivity contribution in [2.75, 3.05) is 18.1 Å². The first kappa shape index (κ1) is 16.3. The van der Waals surface area contributed by atoms with Crippen molar-refractivity contribution in [2.45, 2.75) is 19.3 Å². The highest BCUT2D eigenvalue weighted by Gasteiger charge is 2.07. The SMILES string of the molecule is SCCCOc1ccc(CCCS)c(-c2ccccc2)c1. The van der Waals surface area contributed by atoms with Crippen LogP contribution in [-0.4, -0.2) is 18.1 Å². The van der Waals surface area contributed by atoms with Crippen LogP contribution in [0, 0.1) is 0 Å². The van der Waals surface area contributed by atoms with Crippen molar-refractivity contribution in [1.82, 2.24) is 0 Å². The molecule has 0 fully saturated rings. The fraction of sp³-hybridized carbons (Fsp3) is 0.333. The summed E-state index contributed by atoms with van der Waals surface area (Å²) in [4.78, 5) is 0. The summed E-state index contributed by atoms with van der Waals surface area (Å²) < 4.78 is 5.80. The zero-order valence-corrected chi connectivity index (χ0v) is 14.0. The standard InChI is InChI=1S/C18H22OS2/c20-12-4-8-16-9-10-17(19-11-5-13-21)14-18(16)15-6-2-1-3-7-15/h1-3,6-7,9-10,14,20-21H,4-5,8,11-13H2. The van der Waals surface area contributed by atoms with E-state index < -0.39 is 0 Å². The first-order valence-electron chi connectivity index (χ1n) is 7.38. The molecule has 0 bridgehead atoms. The first-order valence-corrected chi connectivity index (χ1v) is 8.64. The average Bonchev–Trinajstić information content (AvgIpc) is 2.54. The molecular formula is C18H22OS2. The molecule has 0 saturated heterocycles. The highest BCUT2D eigenvalue weighted by Crippen LogP contribution is 2.29. The van der Waals surface area contributed by atoms with Crippen LogP contribution in [0.15, 0.2) is 48.5 Å². The lowest BCUT2D eigenvalue weighted by atomic mass is 9.96. The molecule has 112 valence electrons. The third-order valence-corrected chi connectivity index (χ3v) is 3.97. The molecule has 0 aromatic heterocycles. The molecular weight excluding hydrogens is 296 g/mol. The molecule has 2 aromatic rings. The molecule has 0 saturated carbocycles. The van der Waals surface area contributed by atoms with Gasteiger partial charge in [0, 0.05) is 0 Å². The summed E-state index contributed by atoms with van der Waals surface area (Å²) in [7, 11) is 0. The molecule has 0 amide bonds. The van der Waals surface area contributed by atoms with E-state index in [0.29, 0.717) is 6.61 Å². The predicted octanol–water partition coefficient (Wildman–Crippen LogP) is 4.91. The van der Waals surface area contributed by atoms with Gasteiger partial charge in [0.15, 0.2) is 0 Å². The summed E-state index contributed by atoms with van der Waals surface area (Å²) in [6, 6.07) is 16.9. The maximum Gasteiger partial charge on any atom is 0.119 e. The van der Waals surface area contributed by atoms with E-state index >= 15 is 0 Å². The predicted molar refractivity (Wildman–Crippen MR) is 98.0 cm³/mol.